The van der Waals surface area contributed by atoms with Gasteiger partial charge in [-0.05, 0) is 64.2 Å². The monoisotopic (exact) mass is 401 g/mol. The lowest BCUT2D eigenvalue weighted by molar-refractivity contribution is 0.0182. The van der Waals surface area contributed by atoms with E-state index >= 15 is 0 Å². The third-order valence-electron chi connectivity index (χ3n) is 5.18. The van der Waals surface area contributed by atoms with E-state index in [1.165, 1.54) is 6.20 Å². The molecular weight excluding hydrogens is 370 g/mol. The summed E-state index contributed by atoms with van der Waals surface area (Å²) in [7, 11) is 1.62. The van der Waals surface area contributed by atoms with Crippen LogP contribution in [0.1, 0.15) is 40.0 Å². The van der Waals surface area contributed by atoms with Gasteiger partial charge >= 0.3 is 6.09 Å². The minimum absolute atomic E-state index is 0.130. The first-order valence-corrected chi connectivity index (χ1v) is 10.1. The van der Waals surface area contributed by atoms with Gasteiger partial charge < -0.3 is 24.8 Å². The first-order chi connectivity index (χ1) is 13.8. The summed E-state index contributed by atoms with van der Waals surface area (Å²) in [5.74, 6) is 1.39. The molecule has 0 radical (unpaired) electrons. The highest BCUT2D eigenvalue weighted by molar-refractivity contribution is 5.95. The molecule has 0 unspecified atom stereocenters. The molecule has 29 heavy (non-hydrogen) atoms. The van der Waals surface area contributed by atoms with Crippen LogP contribution in [-0.4, -0.2) is 53.4 Å². The zero-order valence-electron chi connectivity index (χ0n) is 17.7. The van der Waals surface area contributed by atoms with Gasteiger partial charge in [-0.3, -0.25) is 4.98 Å². The highest BCUT2D eigenvalue weighted by atomic mass is 16.6. The van der Waals surface area contributed by atoms with Crippen molar-refractivity contribution in [2.24, 2.45) is 5.92 Å². The Morgan fingerprint density at radius 3 is 2.69 bits per heavy atom. The maximum Gasteiger partial charge on any atom is 0.410 e. The number of ether oxygens (including phenoxy) is 2. The fourth-order valence-electron chi connectivity index (χ4n) is 3.61. The average Bonchev–Trinajstić information content (AvgIpc) is 2.68. The zero-order valence-corrected chi connectivity index (χ0v) is 17.7. The molecule has 1 saturated heterocycles. The van der Waals surface area contributed by atoms with Crippen LogP contribution in [0.3, 0.4) is 0 Å². The van der Waals surface area contributed by atoms with Gasteiger partial charge in [0, 0.05) is 25.0 Å². The highest BCUT2D eigenvalue weighted by Gasteiger charge is 2.26. The first-order valence-electron chi connectivity index (χ1n) is 10.1. The third-order valence-corrected chi connectivity index (χ3v) is 5.18. The lowest BCUT2D eigenvalue weighted by Crippen LogP contribution is -2.41. The summed E-state index contributed by atoms with van der Waals surface area (Å²) in [6.45, 7) is 7.84. The quantitative estimate of drug-likeness (QED) is 0.773. The summed E-state index contributed by atoms with van der Waals surface area (Å²) >= 11 is 0. The Kier molecular flexibility index (Phi) is 6.35. The van der Waals surface area contributed by atoms with E-state index in [1.54, 1.807) is 12.0 Å². The Labute approximate surface area is 172 Å². The van der Waals surface area contributed by atoms with E-state index in [1.807, 2.05) is 39.0 Å². The normalized spacial score (nSPS) is 15.4. The number of carbonyl (C=O) groups excluding carboxylic acids is 1. The predicted molar refractivity (Wildman–Crippen MR) is 114 cm³/mol. The number of methoxy groups -OCH3 is 1. The van der Waals surface area contributed by atoms with E-state index in [0.29, 0.717) is 11.6 Å². The number of nitrogens with zero attached hydrogens (tertiary/aromatic N) is 2. The largest absolute Gasteiger partial charge is 0.504 e. The number of piperidine rings is 1. The molecule has 158 valence electrons. The maximum atomic E-state index is 12.2. The number of hydrogen-bond acceptors (Lipinski definition) is 6. The molecule has 0 spiro atoms. The van der Waals surface area contributed by atoms with Gasteiger partial charge in [-0.15, -0.1) is 0 Å². The molecule has 2 aromatic rings. The molecule has 0 atom stereocenters. The van der Waals surface area contributed by atoms with Gasteiger partial charge in [0.25, 0.3) is 0 Å². The number of aromatic nitrogens is 1. The molecule has 1 aliphatic heterocycles. The summed E-state index contributed by atoms with van der Waals surface area (Å²) in [6.07, 6.45) is 4.12. The fourth-order valence-corrected chi connectivity index (χ4v) is 3.61. The summed E-state index contributed by atoms with van der Waals surface area (Å²) in [6, 6.07) is 5.61. The van der Waals surface area contributed by atoms with Crippen molar-refractivity contribution in [3.05, 3.63) is 24.4 Å². The van der Waals surface area contributed by atoms with E-state index in [0.717, 1.165) is 55.5 Å². The SMILES string of the molecule is COc1ccc2ncc(O)c(NCCC3CCN(C(=O)OC(C)(C)C)CC3)c2c1. The van der Waals surface area contributed by atoms with Crippen molar-refractivity contribution in [3.63, 3.8) is 0 Å². The van der Waals surface area contributed by atoms with Gasteiger partial charge in [0.15, 0.2) is 5.75 Å². The first kappa shape index (κ1) is 21.0. The molecule has 1 aromatic heterocycles. The fraction of sp³-hybridized carbons (Fsp3) is 0.545. The second kappa shape index (κ2) is 8.76. The van der Waals surface area contributed by atoms with E-state index in [4.69, 9.17) is 9.47 Å². The smallest absolute Gasteiger partial charge is 0.410 e. The van der Waals surface area contributed by atoms with Gasteiger partial charge in [-0.25, -0.2) is 4.79 Å². The van der Waals surface area contributed by atoms with Crippen LogP contribution in [0.15, 0.2) is 24.4 Å². The molecule has 0 bridgehead atoms. The molecule has 7 heteroatoms. The molecular formula is C22H31N3O4. The molecule has 2 heterocycles. The van der Waals surface area contributed by atoms with Crippen molar-refractivity contribution >= 4 is 22.7 Å². The number of amides is 1. The lowest BCUT2D eigenvalue weighted by atomic mass is 9.93. The number of anilines is 1. The number of nitrogens with one attached hydrogen (secondary N) is 1. The number of aromatic hydroxyl groups is 1. The second-order valence-corrected chi connectivity index (χ2v) is 8.53. The molecule has 2 N–H and O–H groups in total. The number of benzene rings is 1. The van der Waals surface area contributed by atoms with E-state index < -0.39 is 5.60 Å². The van der Waals surface area contributed by atoms with Crippen LogP contribution in [0.4, 0.5) is 10.5 Å². The van der Waals surface area contributed by atoms with Gasteiger partial charge in [-0.2, -0.15) is 0 Å². The van der Waals surface area contributed by atoms with Crippen LogP contribution < -0.4 is 10.1 Å². The second-order valence-electron chi connectivity index (χ2n) is 8.53. The topological polar surface area (TPSA) is 83.9 Å². The Morgan fingerprint density at radius 1 is 1.31 bits per heavy atom. The number of pyridine rings is 1. The van der Waals surface area contributed by atoms with Crippen LogP contribution in [0.5, 0.6) is 11.5 Å². The summed E-state index contributed by atoms with van der Waals surface area (Å²) in [4.78, 5) is 18.2. The molecule has 0 saturated carbocycles. The van der Waals surface area contributed by atoms with Crippen LogP contribution in [0.25, 0.3) is 10.9 Å². The third kappa shape index (κ3) is 5.43. The standard InChI is InChI=1S/C22H31N3O4/c1-22(2,3)29-21(27)25-11-8-15(9-12-25)7-10-23-20-17-13-16(28-4)5-6-18(17)24-14-19(20)26/h5-6,13-15,26H,7-12H2,1-4H3,(H,23,24). The molecule has 7 nitrogen and oxygen atoms in total. The van der Waals surface area contributed by atoms with Gasteiger partial charge in [0.2, 0.25) is 0 Å². The zero-order chi connectivity index (χ0) is 21.0. The van der Waals surface area contributed by atoms with E-state index in [-0.39, 0.29) is 11.8 Å². The van der Waals surface area contributed by atoms with Crippen LogP contribution >= 0.6 is 0 Å². The molecule has 0 aliphatic carbocycles. The number of hydrogen-bond donors (Lipinski definition) is 2. The molecule has 1 aromatic carbocycles. The number of rotatable bonds is 5. The minimum Gasteiger partial charge on any atom is -0.504 e. The van der Waals surface area contributed by atoms with Crippen LogP contribution in [0.2, 0.25) is 0 Å². The van der Waals surface area contributed by atoms with Crippen LogP contribution in [0, 0.1) is 5.92 Å². The number of fused-ring (bicyclic) bond motifs is 1. The Bertz CT molecular complexity index is 855. The summed E-state index contributed by atoms with van der Waals surface area (Å²) in [5.41, 5.74) is 1.02. The molecule has 3 rings (SSSR count). The van der Waals surface area contributed by atoms with Gasteiger partial charge in [-0.1, -0.05) is 0 Å². The van der Waals surface area contributed by atoms with E-state index in [9.17, 15) is 9.90 Å². The average molecular weight is 402 g/mol. The number of carbonyl (C=O) groups is 1. The molecule has 1 fully saturated rings. The summed E-state index contributed by atoms with van der Waals surface area (Å²) < 4.78 is 10.8. The van der Waals surface area contributed by atoms with Crippen molar-refractivity contribution in [1.29, 1.82) is 0 Å². The minimum atomic E-state index is -0.462. The lowest BCUT2D eigenvalue weighted by Gasteiger charge is -2.33. The number of likely N-dealkylation sites (tertiary alicyclic amines) is 1. The molecule has 1 amide bonds. The molecule has 1 aliphatic rings. The Hall–Kier alpha value is -2.70. The Balaban J connectivity index is 1.54. The van der Waals surface area contributed by atoms with Crippen molar-refractivity contribution in [1.82, 2.24) is 9.88 Å². The predicted octanol–water partition coefficient (Wildman–Crippen LogP) is 4.40. The van der Waals surface area contributed by atoms with E-state index in [2.05, 4.69) is 10.3 Å². The van der Waals surface area contributed by atoms with Crippen molar-refractivity contribution < 1.29 is 19.4 Å². The summed E-state index contributed by atoms with van der Waals surface area (Å²) in [5, 5.41) is 14.5. The van der Waals surface area contributed by atoms with Crippen molar-refractivity contribution in [2.45, 2.75) is 45.6 Å². The van der Waals surface area contributed by atoms with Crippen molar-refractivity contribution in [3.8, 4) is 11.5 Å². The highest BCUT2D eigenvalue weighted by Crippen LogP contribution is 2.33. The van der Waals surface area contributed by atoms with Crippen molar-refractivity contribution in [2.75, 3.05) is 32.1 Å². The maximum absolute atomic E-state index is 12.2. The Morgan fingerprint density at radius 2 is 2.03 bits per heavy atom. The van der Waals surface area contributed by atoms with Gasteiger partial charge in [0.05, 0.1) is 24.5 Å². The van der Waals surface area contributed by atoms with Crippen LogP contribution in [-0.2, 0) is 4.74 Å². The van der Waals surface area contributed by atoms with Gasteiger partial charge in [0.1, 0.15) is 11.4 Å².